The number of urea groups is 1. The molecular formula is C20H25N5O4S. The number of hydrogen-bond acceptors (Lipinski definition) is 7. The van der Waals surface area contributed by atoms with Gasteiger partial charge in [0.15, 0.2) is 5.13 Å². The van der Waals surface area contributed by atoms with E-state index in [2.05, 4.69) is 10.2 Å². The molecule has 30 heavy (non-hydrogen) atoms. The zero-order valence-electron chi connectivity index (χ0n) is 17.3. The van der Waals surface area contributed by atoms with Gasteiger partial charge in [-0.25, -0.2) is 14.6 Å². The maximum Gasteiger partial charge on any atom is 0.410 e. The molecule has 2 saturated heterocycles. The minimum absolute atomic E-state index is 0.253. The Labute approximate surface area is 178 Å². The number of imide groups is 1. The lowest BCUT2D eigenvalue weighted by Gasteiger charge is -2.35. The largest absolute Gasteiger partial charge is 0.444 e. The van der Waals surface area contributed by atoms with E-state index in [0.29, 0.717) is 32.7 Å². The molecule has 1 aromatic carbocycles. The van der Waals surface area contributed by atoms with Crippen LogP contribution in [0, 0.1) is 0 Å². The van der Waals surface area contributed by atoms with Crippen LogP contribution in [0.25, 0.3) is 10.2 Å². The number of carbonyl (C=O) groups is 3. The van der Waals surface area contributed by atoms with E-state index in [9.17, 15) is 14.4 Å². The van der Waals surface area contributed by atoms with Crippen LogP contribution in [0.5, 0.6) is 0 Å². The molecule has 4 rings (SSSR count). The van der Waals surface area contributed by atoms with Gasteiger partial charge in [-0.3, -0.25) is 15.0 Å². The maximum absolute atomic E-state index is 12.3. The lowest BCUT2D eigenvalue weighted by Crippen LogP contribution is -2.50. The Morgan fingerprint density at radius 1 is 1.13 bits per heavy atom. The fourth-order valence-corrected chi connectivity index (χ4v) is 4.61. The molecule has 0 radical (unpaired) electrons. The summed E-state index contributed by atoms with van der Waals surface area (Å²) >= 11 is 1.52. The third-order valence-corrected chi connectivity index (χ3v) is 6.08. The molecule has 10 heteroatoms. The van der Waals surface area contributed by atoms with Crippen LogP contribution in [0.1, 0.15) is 27.2 Å². The number of piperazine rings is 1. The van der Waals surface area contributed by atoms with Crippen molar-refractivity contribution < 1.29 is 19.1 Å². The van der Waals surface area contributed by atoms with Crippen molar-refractivity contribution in [2.45, 2.75) is 32.8 Å². The molecule has 0 saturated carbocycles. The van der Waals surface area contributed by atoms with Crippen molar-refractivity contribution in [1.82, 2.24) is 15.2 Å². The average Bonchev–Trinajstić information content (AvgIpc) is 3.11. The predicted molar refractivity (Wildman–Crippen MR) is 115 cm³/mol. The maximum atomic E-state index is 12.3. The molecule has 9 nitrogen and oxygen atoms in total. The molecule has 2 aliphatic rings. The second-order valence-electron chi connectivity index (χ2n) is 8.33. The minimum atomic E-state index is -0.511. The molecule has 0 atom stereocenters. The molecule has 3 heterocycles. The summed E-state index contributed by atoms with van der Waals surface area (Å²) in [6, 6.07) is 5.26. The molecule has 160 valence electrons. The second kappa shape index (κ2) is 7.75. The zero-order chi connectivity index (χ0) is 21.5. The highest BCUT2D eigenvalue weighted by molar-refractivity contribution is 7.22. The van der Waals surface area contributed by atoms with Crippen molar-refractivity contribution in [3.05, 3.63) is 18.2 Å². The van der Waals surface area contributed by atoms with Crippen LogP contribution in [0.4, 0.5) is 20.4 Å². The number of hydrogen-bond donors (Lipinski definition) is 1. The van der Waals surface area contributed by atoms with Crippen molar-refractivity contribution in [3.63, 3.8) is 0 Å². The van der Waals surface area contributed by atoms with Crippen LogP contribution >= 0.6 is 11.3 Å². The summed E-state index contributed by atoms with van der Waals surface area (Å²) in [7, 11) is 0. The van der Waals surface area contributed by atoms with Gasteiger partial charge in [0.2, 0.25) is 5.91 Å². The molecular weight excluding hydrogens is 406 g/mol. The number of anilines is 2. The van der Waals surface area contributed by atoms with Crippen molar-refractivity contribution in [3.8, 4) is 0 Å². The quantitative estimate of drug-likeness (QED) is 0.786. The third-order valence-electron chi connectivity index (χ3n) is 4.93. The van der Waals surface area contributed by atoms with E-state index in [1.807, 2.05) is 39.0 Å². The Balaban J connectivity index is 1.49. The molecule has 0 unspecified atom stereocenters. The molecule has 2 aromatic rings. The van der Waals surface area contributed by atoms with Crippen molar-refractivity contribution >= 4 is 50.4 Å². The van der Waals surface area contributed by atoms with E-state index < -0.39 is 11.6 Å². The number of ether oxygens (including phenoxy) is 1. The van der Waals surface area contributed by atoms with E-state index in [-0.39, 0.29) is 18.4 Å². The van der Waals surface area contributed by atoms with Gasteiger partial charge in [0.05, 0.1) is 15.9 Å². The highest BCUT2D eigenvalue weighted by Crippen LogP contribution is 2.36. The van der Waals surface area contributed by atoms with E-state index >= 15 is 0 Å². The smallest absolute Gasteiger partial charge is 0.410 e. The normalized spacial score (nSPS) is 18.0. The van der Waals surface area contributed by atoms with Crippen LogP contribution in [-0.2, 0) is 9.53 Å². The van der Waals surface area contributed by atoms with E-state index in [4.69, 9.17) is 9.72 Å². The molecule has 4 amide bonds. The van der Waals surface area contributed by atoms with Gasteiger partial charge in [-0.2, -0.15) is 0 Å². The fourth-order valence-electron chi connectivity index (χ4n) is 3.47. The van der Waals surface area contributed by atoms with Crippen LogP contribution in [0.2, 0.25) is 0 Å². The van der Waals surface area contributed by atoms with Crippen molar-refractivity contribution in [2.75, 3.05) is 42.5 Å². The van der Waals surface area contributed by atoms with Crippen LogP contribution < -0.4 is 15.1 Å². The first-order valence-corrected chi connectivity index (χ1v) is 10.8. The highest BCUT2D eigenvalue weighted by Gasteiger charge is 2.29. The summed E-state index contributed by atoms with van der Waals surface area (Å²) in [5, 5.41) is 3.22. The number of benzene rings is 1. The fraction of sp³-hybridized carbons (Fsp3) is 0.500. The number of nitrogens with one attached hydrogen (secondary N) is 1. The van der Waals surface area contributed by atoms with Crippen molar-refractivity contribution in [2.24, 2.45) is 0 Å². The Kier molecular flexibility index (Phi) is 5.27. The molecule has 0 bridgehead atoms. The Bertz CT molecular complexity index is 991. The third kappa shape index (κ3) is 4.18. The van der Waals surface area contributed by atoms with Gasteiger partial charge in [0.25, 0.3) is 0 Å². The van der Waals surface area contributed by atoms with Gasteiger partial charge in [0.1, 0.15) is 5.60 Å². The molecule has 0 spiro atoms. The topological polar surface area (TPSA) is 95.1 Å². The number of fused-ring (bicyclic) bond motifs is 1. The standard InChI is InChI=1S/C20H25N5O4S/c1-20(2,3)29-19(28)24-11-9-23(10-12-24)18-21-13-5-4-6-14(16(13)30-18)25-8-7-15(26)22-17(25)27/h4-6H,7-12H2,1-3H3,(H,22,26,27). The number of thiazole rings is 1. The summed E-state index contributed by atoms with van der Waals surface area (Å²) in [4.78, 5) is 46.2. The van der Waals surface area contributed by atoms with Crippen LogP contribution in [-0.4, -0.2) is 66.2 Å². The van der Waals surface area contributed by atoms with E-state index in [1.54, 1.807) is 9.80 Å². The lowest BCUT2D eigenvalue weighted by molar-refractivity contribution is -0.120. The lowest BCUT2D eigenvalue weighted by atomic mass is 10.2. The monoisotopic (exact) mass is 431 g/mol. The van der Waals surface area contributed by atoms with Crippen molar-refractivity contribution in [1.29, 1.82) is 0 Å². The van der Waals surface area contributed by atoms with Crippen LogP contribution in [0.15, 0.2) is 18.2 Å². The molecule has 0 aliphatic carbocycles. The number of aromatic nitrogens is 1. The molecule has 2 fully saturated rings. The summed E-state index contributed by atoms with van der Waals surface area (Å²) in [5.74, 6) is -0.253. The Morgan fingerprint density at radius 2 is 1.87 bits per heavy atom. The minimum Gasteiger partial charge on any atom is -0.444 e. The van der Waals surface area contributed by atoms with Gasteiger partial charge in [-0.15, -0.1) is 0 Å². The van der Waals surface area contributed by atoms with E-state index in [0.717, 1.165) is 21.0 Å². The zero-order valence-corrected chi connectivity index (χ0v) is 18.1. The Hall–Kier alpha value is -2.88. The van der Waals surface area contributed by atoms with Gasteiger partial charge < -0.3 is 14.5 Å². The predicted octanol–water partition coefficient (Wildman–Crippen LogP) is 2.80. The summed E-state index contributed by atoms with van der Waals surface area (Å²) in [6.07, 6.45) is -0.0140. The number of rotatable bonds is 2. The first kappa shape index (κ1) is 20.4. The number of carbonyl (C=O) groups excluding carboxylic acids is 3. The number of amides is 4. The van der Waals surface area contributed by atoms with Gasteiger partial charge in [-0.1, -0.05) is 17.4 Å². The first-order chi connectivity index (χ1) is 14.2. The average molecular weight is 432 g/mol. The highest BCUT2D eigenvalue weighted by atomic mass is 32.1. The summed E-state index contributed by atoms with van der Waals surface area (Å²) in [6.45, 7) is 8.38. The molecule has 2 aliphatic heterocycles. The second-order valence-corrected chi connectivity index (χ2v) is 9.31. The van der Waals surface area contributed by atoms with E-state index in [1.165, 1.54) is 11.3 Å². The molecule has 1 N–H and O–H groups in total. The molecule has 1 aromatic heterocycles. The summed E-state index contributed by atoms with van der Waals surface area (Å²) < 4.78 is 6.36. The van der Waals surface area contributed by atoms with Gasteiger partial charge >= 0.3 is 12.1 Å². The van der Waals surface area contributed by atoms with Gasteiger partial charge in [0, 0.05) is 39.1 Å². The number of nitrogens with zero attached hydrogens (tertiary/aromatic N) is 4. The SMILES string of the molecule is CC(C)(C)OC(=O)N1CCN(c2nc3cccc(N4CCC(=O)NC4=O)c3s2)CC1. The first-order valence-electron chi connectivity index (χ1n) is 9.95. The van der Waals surface area contributed by atoms with Crippen LogP contribution in [0.3, 0.4) is 0 Å². The van der Waals surface area contributed by atoms with Gasteiger partial charge in [-0.05, 0) is 32.9 Å². The summed E-state index contributed by atoms with van der Waals surface area (Å²) in [5.41, 5.74) is 1.06. The Morgan fingerprint density at radius 3 is 2.53 bits per heavy atom.